The first-order valence-corrected chi connectivity index (χ1v) is 8.09. The van der Waals surface area contributed by atoms with Crippen molar-refractivity contribution in [1.82, 2.24) is 10.2 Å². The predicted octanol–water partition coefficient (Wildman–Crippen LogP) is 3.07. The standard InChI is InChI=1S/C14H20N2S2/c1-16(11-13-5-10-17-12-13)8-7-15-6-4-14-3-2-9-18-14/h2-3,5,9-10,12,15H,4,6-8,11H2,1H3. The van der Waals surface area contributed by atoms with Gasteiger partial charge in [-0.3, -0.25) is 0 Å². The van der Waals surface area contributed by atoms with Crippen LogP contribution in [0.3, 0.4) is 0 Å². The number of thiophene rings is 2. The van der Waals surface area contributed by atoms with Crippen LogP contribution in [0.1, 0.15) is 10.4 Å². The summed E-state index contributed by atoms with van der Waals surface area (Å²) in [6, 6.07) is 6.52. The molecular formula is C14H20N2S2. The lowest BCUT2D eigenvalue weighted by molar-refractivity contribution is 0.325. The molecule has 0 aliphatic heterocycles. The number of likely N-dealkylation sites (N-methyl/N-ethyl adjacent to an activating group) is 1. The smallest absolute Gasteiger partial charge is 0.0239 e. The molecule has 98 valence electrons. The Morgan fingerprint density at radius 2 is 2.17 bits per heavy atom. The number of nitrogens with zero attached hydrogens (tertiary/aromatic N) is 1. The van der Waals surface area contributed by atoms with Gasteiger partial charge >= 0.3 is 0 Å². The van der Waals surface area contributed by atoms with E-state index >= 15 is 0 Å². The maximum atomic E-state index is 3.50. The molecule has 0 fully saturated rings. The van der Waals surface area contributed by atoms with Crippen molar-refractivity contribution in [1.29, 1.82) is 0 Å². The first kappa shape index (κ1) is 13.7. The zero-order chi connectivity index (χ0) is 12.6. The van der Waals surface area contributed by atoms with Crippen LogP contribution < -0.4 is 5.32 Å². The lowest BCUT2D eigenvalue weighted by atomic mass is 10.3. The molecule has 0 aliphatic rings. The van der Waals surface area contributed by atoms with E-state index in [1.54, 1.807) is 11.3 Å². The van der Waals surface area contributed by atoms with Gasteiger partial charge in [-0.05, 0) is 47.3 Å². The summed E-state index contributed by atoms with van der Waals surface area (Å²) in [5, 5.41) is 10.0. The van der Waals surface area contributed by atoms with Gasteiger partial charge < -0.3 is 10.2 Å². The summed E-state index contributed by atoms with van der Waals surface area (Å²) in [5.41, 5.74) is 1.42. The fourth-order valence-electron chi connectivity index (χ4n) is 1.83. The van der Waals surface area contributed by atoms with Crippen molar-refractivity contribution in [2.24, 2.45) is 0 Å². The third-order valence-corrected chi connectivity index (χ3v) is 4.50. The van der Waals surface area contributed by atoms with E-state index in [0.29, 0.717) is 0 Å². The maximum Gasteiger partial charge on any atom is 0.0239 e. The molecule has 0 spiro atoms. The summed E-state index contributed by atoms with van der Waals surface area (Å²) >= 11 is 3.61. The Labute approximate surface area is 117 Å². The van der Waals surface area contributed by atoms with Crippen molar-refractivity contribution in [2.75, 3.05) is 26.7 Å². The molecular weight excluding hydrogens is 260 g/mol. The summed E-state index contributed by atoms with van der Waals surface area (Å²) in [6.07, 6.45) is 1.14. The fourth-order valence-corrected chi connectivity index (χ4v) is 3.20. The summed E-state index contributed by atoms with van der Waals surface area (Å²) in [6.45, 7) is 4.29. The molecule has 1 N–H and O–H groups in total. The van der Waals surface area contributed by atoms with Gasteiger partial charge in [0, 0.05) is 31.1 Å². The van der Waals surface area contributed by atoms with Crippen molar-refractivity contribution in [3.05, 3.63) is 44.8 Å². The second-order valence-corrected chi connectivity index (χ2v) is 6.26. The van der Waals surface area contributed by atoms with E-state index in [0.717, 1.165) is 32.6 Å². The van der Waals surface area contributed by atoms with Crippen molar-refractivity contribution in [3.63, 3.8) is 0 Å². The third-order valence-electron chi connectivity index (χ3n) is 2.83. The van der Waals surface area contributed by atoms with Crippen LogP contribution in [0.25, 0.3) is 0 Å². The van der Waals surface area contributed by atoms with Gasteiger partial charge in [-0.15, -0.1) is 11.3 Å². The molecule has 4 heteroatoms. The SMILES string of the molecule is CN(CCNCCc1cccs1)Cc1ccsc1. The van der Waals surface area contributed by atoms with Gasteiger partial charge in [0.1, 0.15) is 0 Å². The largest absolute Gasteiger partial charge is 0.315 e. The quantitative estimate of drug-likeness (QED) is 0.748. The van der Waals surface area contributed by atoms with Crippen LogP contribution in [0.5, 0.6) is 0 Å². The van der Waals surface area contributed by atoms with Crippen LogP contribution in [-0.2, 0) is 13.0 Å². The molecule has 2 rings (SSSR count). The van der Waals surface area contributed by atoms with Gasteiger partial charge in [-0.2, -0.15) is 11.3 Å². The van der Waals surface area contributed by atoms with Crippen LogP contribution in [0.15, 0.2) is 34.3 Å². The molecule has 0 atom stereocenters. The molecule has 2 aromatic heterocycles. The van der Waals surface area contributed by atoms with Crippen LogP contribution in [0.2, 0.25) is 0 Å². The lowest BCUT2D eigenvalue weighted by Crippen LogP contribution is -2.29. The van der Waals surface area contributed by atoms with Gasteiger partial charge in [-0.25, -0.2) is 0 Å². The molecule has 0 unspecified atom stereocenters. The van der Waals surface area contributed by atoms with Crippen molar-refractivity contribution in [3.8, 4) is 0 Å². The topological polar surface area (TPSA) is 15.3 Å². The van der Waals surface area contributed by atoms with E-state index < -0.39 is 0 Å². The second-order valence-electron chi connectivity index (χ2n) is 4.45. The summed E-state index contributed by atoms with van der Waals surface area (Å²) in [5.74, 6) is 0. The Hall–Kier alpha value is -0.680. The van der Waals surface area contributed by atoms with E-state index in [2.05, 4.69) is 51.6 Å². The van der Waals surface area contributed by atoms with Gasteiger partial charge in [0.25, 0.3) is 0 Å². The molecule has 0 bridgehead atoms. The molecule has 2 nitrogen and oxygen atoms in total. The Morgan fingerprint density at radius 3 is 2.89 bits per heavy atom. The Bertz CT molecular complexity index is 409. The molecule has 2 heterocycles. The van der Waals surface area contributed by atoms with Crippen LogP contribution in [-0.4, -0.2) is 31.6 Å². The molecule has 2 aromatic rings. The normalized spacial score (nSPS) is 11.2. The predicted molar refractivity (Wildman–Crippen MR) is 81.5 cm³/mol. The highest BCUT2D eigenvalue weighted by atomic mass is 32.1. The van der Waals surface area contributed by atoms with Gasteiger partial charge in [0.05, 0.1) is 0 Å². The molecule has 0 aromatic carbocycles. The average molecular weight is 280 g/mol. The highest BCUT2D eigenvalue weighted by molar-refractivity contribution is 7.09. The van der Waals surface area contributed by atoms with Crippen LogP contribution >= 0.6 is 22.7 Å². The summed E-state index contributed by atoms with van der Waals surface area (Å²) in [4.78, 5) is 3.83. The monoisotopic (exact) mass is 280 g/mol. The number of nitrogens with one attached hydrogen (secondary N) is 1. The Morgan fingerprint density at radius 1 is 1.22 bits per heavy atom. The van der Waals surface area contributed by atoms with Gasteiger partial charge in [0.2, 0.25) is 0 Å². The van der Waals surface area contributed by atoms with E-state index in [4.69, 9.17) is 0 Å². The van der Waals surface area contributed by atoms with Crippen molar-refractivity contribution < 1.29 is 0 Å². The number of hydrogen-bond donors (Lipinski definition) is 1. The second kappa shape index (κ2) is 7.69. The molecule has 0 radical (unpaired) electrons. The highest BCUT2D eigenvalue weighted by Crippen LogP contribution is 2.08. The third kappa shape index (κ3) is 4.90. The molecule has 0 amide bonds. The molecule has 0 saturated carbocycles. The van der Waals surface area contributed by atoms with E-state index in [1.165, 1.54) is 10.4 Å². The zero-order valence-electron chi connectivity index (χ0n) is 10.8. The maximum absolute atomic E-state index is 3.50. The van der Waals surface area contributed by atoms with Crippen molar-refractivity contribution >= 4 is 22.7 Å². The van der Waals surface area contributed by atoms with Gasteiger partial charge in [-0.1, -0.05) is 6.07 Å². The minimum absolute atomic E-state index is 1.05. The number of rotatable bonds is 8. The number of hydrogen-bond acceptors (Lipinski definition) is 4. The Balaban J connectivity index is 1.52. The van der Waals surface area contributed by atoms with Crippen molar-refractivity contribution in [2.45, 2.75) is 13.0 Å². The molecule has 0 saturated heterocycles. The minimum atomic E-state index is 1.05. The average Bonchev–Trinajstić information content (AvgIpc) is 3.01. The highest BCUT2D eigenvalue weighted by Gasteiger charge is 2.00. The minimum Gasteiger partial charge on any atom is -0.315 e. The van der Waals surface area contributed by atoms with E-state index in [-0.39, 0.29) is 0 Å². The fraction of sp³-hybridized carbons (Fsp3) is 0.429. The lowest BCUT2D eigenvalue weighted by Gasteiger charge is -2.16. The summed E-state index contributed by atoms with van der Waals surface area (Å²) < 4.78 is 0. The van der Waals surface area contributed by atoms with Crippen LogP contribution in [0.4, 0.5) is 0 Å². The van der Waals surface area contributed by atoms with Gasteiger partial charge in [0.15, 0.2) is 0 Å². The molecule has 18 heavy (non-hydrogen) atoms. The zero-order valence-corrected chi connectivity index (χ0v) is 12.4. The first-order valence-electron chi connectivity index (χ1n) is 6.27. The first-order chi connectivity index (χ1) is 8.84. The van der Waals surface area contributed by atoms with E-state index in [1.807, 2.05) is 11.3 Å². The van der Waals surface area contributed by atoms with Crippen LogP contribution in [0, 0.1) is 0 Å². The molecule has 0 aliphatic carbocycles. The Kier molecular flexibility index (Phi) is 5.87. The van der Waals surface area contributed by atoms with E-state index in [9.17, 15) is 0 Å². The summed E-state index contributed by atoms with van der Waals surface area (Å²) in [7, 11) is 2.18.